The van der Waals surface area contributed by atoms with Gasteiger partial charge in [0.2, 0.25) is 5.16 Å². The number of carbonyl (C=O) groups is 1. The van der Waals surface area contributed by atoms with Crippen molar-refractivity contribution in [1.82, 2.24) is 20.2 Å². The first-order valence-corrected chi connectivity index (χ1v) is 6.00. The molecule has 0 aliphatic carbocycles. The number of ketones is 1. The molecule has 98 valence electrons. The van der Waals surface area contributed by atoms with Crippen molar-refractivity contribution in [2.45, 2.75) is 17.0 Å². The van der Waals surface area contributed by atoms with Crippen molar-refractivity contribution in [2.75, 3.05) is 0 Å². The molecule has 0 amide bonds. The molecule has 2 aromatic rings. The smallest absolute Gasteiger partial charge is 0.283 e. The molecule has 0 radical (unpaired) electrons. The summed E-state index contributed by atoms with van der Waals surface area (Å²) in [6.45, 7) is 1.40. The van der Waals surface area contributed by atoms with Crippen molar-refractivity contribution in [1.29, 1.82) is 0 Å². The lowest BCUT2D eigenvalue weighted by atomic mass is 10.1. The average molecular weight is 279 g/mol. The van der Waals surface area contributed by atoms with Crippen LogP contribution in [-0.4, -0.2) is 30.9 Å². The molecule has 19 heavy (non-hydrogen) atoms. The van der Waals surface area contributed by atoms with Crippen LogP contribution in [0.3, 0.4) is 0 Å². The number of benzene rings is 1. The van der Waals surface area contributed by atoms with E-state index in [9.17, 15) is 14.9 Å². The number of aromatic nitrogens is 4. The second kappa shape index (κ2) is 5.14. The fourth-order valence-electron chi connectivity index (χ4n) is 1.37. The van der Waals surface area contributed by atoms with E-state index in [0.717, 1.165) is 11.8 Å². The van der Waals surface area contributed by atoms with Gasteiger partial charge in [-0.2, -0.15) is 0 Å². The first kappa shape index (κ1) is 13.1. The first-order valence-electron chi connectivity index (χ1n) is 5.18. The van der Waals surface area contributed by atoms with Gasteiger partial charge in [0.05, 0.1) is 9.82 Å². The third kappa shape index (κ3) is 2.76. The Bertz CT molecular complexity index is 654. The monoisotopic (exact) mass is 279 g/mol. The van der Waals surface area contributed by atoms with Gasteiger partial charge in [-0.1, -0.05) is 0 Å². The zero-order valence-electron chi connectivity index (χ0n) is 10.1. The van der Waals surface area contributed by atoms with Gasteiger partial charge >= 0.3 is 0 Å². The standard InChI is InChI=1S/C10H9N5O3S/c1-6(16)7-3-4-8(15(17)18)9(5-7)19-10-11-12-13-14(10)2/h3-5H,1-2H3. The van der Waals surface area contributed by atoms with Crippen molar-refractivity contribution in [2.24, 2.45) is 7.05 Å². The van der Waals surface area contributed by atoms with Crippen LogP contribution in [0.4, 0.5) is 5.69 Å². The number of nitro benzene ring substituents is 1. The molecule has 1 aromatic heterocycles. The summed E-state index contributed by atoms with van der Waals surface area (Å²) in [5, 5.41) is 22.2. The van der Waals surface area contributed by atoms with Gasteiger partial charge in [0.15, 0.2) is 5.78 Å². The minimum Gasteiger partial charge on any atom is -0.295 e. The molecule has 0 aliphatic heterocycles. The molecule has 2 rings (SSSR count). The van der Waals surface area contributed by atoms with Gasteiger partial charge in [0.25, 0.3) is 5.69 Å². The molecule has 0 saturated carbocycles. The number of Topliss-reactive ketones (excluding diaryl/α,β-unsaturated/α-hetero) is 1. The Labute approximate surface area is 112 Å². The van der Waals surface area contributed by atoms with E-state index in [1.165, 1.54) is 29.8 Å². The van der Waals surface area contributed by atoms with E-state index < -0.39 is 4.92 Å². The molecule has 0 atom stereocenters. The number of nitrogens with zero attached hydrogens (tertiary/aromatic N) is 5. The van der Waals surface area contributed by atoms with E-state index in [-0.39, 0.29) is 11.5 Å². The van der Waals surface area contributed by atoms with Crippen molar-refractivity contribution in [3.05, 3.63) is 33.9 Å². The highest BCUT2D eigenvalue weighted by molar-refractivity contribution is 7.99. The highest BCUT2D eigenvalue weighted by atomic mass is 32.2. The maximum Gasteiger partial charge on any atom is 0.283 e. The summed E-state index contributed by atoms with van der Waals surface area (Å²) in [5.74, 6) is -0.159. The normalized spacial score (nSPS) is 10.4. The number of hydrogen-bond acceptors (Lipinski definition) is 7. The SMILES string of the molecule is CC(=O)c1ccc([N+](=O)[O-])c(Sc2nnnn2C)c1. The molecule has 1 aromatic carbocycles. The Morgan fingerprint density at radius 1 is 1.47 bits per heavy atom. The van der Waals surface area contributed by atoms with E-state index >= 15 is 0 Å². The molecular formula is C10H9N5O3S. The van der Waals surface area contributed by atoms with Gasteiger partial charge in [0.1, 0.15) is 0 Å². The average Bonchev–Trinajstić information content (AvgIpc) is 2.74. The zero-order valence-corrected chi connectivity index (χ0v) is 10.9. The molecule has 9 heteroatoms. The summed E-state index contributed by atoms with van der Waals surface area (Å²) < 4.78 is 1.40. The third-order valence-corrected chi connectivity index (χ3v) is 3.42. The molecular weight excluding hydrogens is 270 g/mol. The molecule has 0 bridgehead atoms. The van der Waals surface area contributed by atoms with E-state index in [1.807, 2.05) is 0 Å². The Kier molecular flexibility index (Phi) is 3.56. The number of tetrazole rings is 1. The highest BCUT2D eigenvalue weighted by Crippen LogP contribution is 2.33. The number of aryl methyl sites for hydroxylation is 1. The Morgan fingerprint density at radius 3 is 2.74 bits per heavy atom. The minimum atomic E-state index is -0.504. The van der Waals surface area contributed by atoms with Crippen molar-refractivity contribution in [3.8, 4) is 0 Å². The predicted octanol–water partition coefficient (Wildman–Crippen LogP) is 1.47. The van der Waals surface area contributed by atoms with Crippen LogP contribution < -0.4 is 0 Å². The number of carbonyl (C=O) groups excluding carboxylic acids is 1. The van der Waals surface area contributed by atoms with Gasteiger partial charge in [-0.25, -0.2) is 4.68 Å². The summed E-state index contributed by atoms with van der Waals surface area (Å²) >= 11 is 1.04. The predicted molar refractivity (Wildman–Crippen MR) is 66.0 cm³/mol. The molecule has 0 aliphatic rings. The van der Waals surface area contributed by atoms with Crippen LogP contribution in [-0.2, 0) is 7.05 Å². The lowest BCUT2D eigenvalue weighted by molar-refractivity contribution is -0.387. The first-order chi connectivity index (χ1) is 8.99. The molecule has 0 N–H and O–H groups in total. The quantitative estimate of drug-likeness (QED) is 0.474. The van der Waals surface area contributed by atoms with E-state index in [4.69, 9.17) is 0 Å². The second-order valence-corrected chi connectivity index (χ2v) is 4.69. The summed E-state index contributed by atoms with van der Waals surface area (Å²) in [7, 11) is 1.63. The van der Waals surface area contributed by atoms with Gasteiger partial charge in [0, 0.05) is 18.7 Å². The lowest BCUT2D eigenvalue weighted by Gasteiger charge is -2.03. The summed E-state index contributed by atoms with van der Waals surface area (Å²) in [6, 6.07) is 4.21. The van der Waals surface area contributed by atoms with Crippen LogP contribution in [0, 0.1) is 10.1 Å². The topological polar surface area (TPSA) is 104 Å². The van der Waals surface area contributed by atoms with Gasteiger partial charge in [-0.3, -0.25) is 14.9 Å². The number of rotatable bonds is 4. The highest BCUT2D eigenvalue weighted by Gasteiger charge is 2.18. The van der Waals surface area contributed by atoms with Gasteiger partial charge < -0.3 is 0 Å². The van der Waals surface area contributed by atoms with E-state index in [2.05, 4.69) is 15.5 Å². The number of nitro groups is 1. The van der Waals surface area contributed by atoms with Crippen LogP contribution in [0.25, 0.3) is 0 Å². The summed E-state index contributed by atoms with van der Waals surface area (Å²) in [6.07, 6.45) is 0. The van der Waals surface area contributed by atoms with Gasteiger partial charge in [-0.05, 0) is 41.2 Å². The third-order valence-electron chi connectivity index (χ3n) is 2.35. The van der Waals surface area contributed by atoms with Crippen LogP contribution in [0.5, 0.6) is 0 Å². The number of hydrogen-bond donors (Lipinski definition) is 0. The minimum absolute atomic E-state index is 0.0852. The Balaban J connectivity index is 2.46. The van der Waals surface area contributed by atoms with Crippen LogP contribution >= 0.6 is 11.8 Å². The Hall–Kier alpha value is -2.29. The fraction of sp³-hybridized carbons (Fsp3) is 0.200. The lowest BCUT2D eigenvalue weighted by Crippen LogP contribution is -1.98. The maximum absolute atomic E-state index is 11.3. The molecule has 0 fully saturated rings. The zero-order chi connectivity index (χ0) is 14.0. The van der Waals surface area contributed by atoms with Crippen molar-refractivity contribution >= 4 is 23.2 Å². The van der Waals surface area contributed by atoms with Crippen molar-refractivity contribution < 1.29 is 9.72 Å². The molecule has 8 nitrogen and oxygen atoms in total. The van der Waals surface area contributed by atoms with Gasteiger partial charge in [-0.15, -0.1) is 5.10 Å². The maximum atomic E-state index is 11.3. The van der Waals surface area contributed by atoms with Crippen LogP contribution in [0.15, 0.2) is 28.3 Å². The second-order valence-electron chi connectivity index (χ2n) is 3.68. The molecule has 1 heterocycles. The molecule has 0 spiro atoms. The van der Waals surface area contributed by atoms with Crippen LogP contribution in [0.2, 0.25) is 0 Å². The fourth-order valence-corrected chi connectivity index (χ4v) is 2.25. The summed E-state index contributed by atoms with van der Waals surface area (Å²) in [5.41, 5.74) is 0.321. The van der Waals surface area contributed by atoms with Crippen LogP contribution in [0.1, 0.15) is 17.3 Å². The van der Waals surface area contributed by atoms with E-state index in [1.54, 1.807) is 7.05 Å². The molecule has 0 saturated heterocycles. The van der Waals surface area contributed by atoms with E-state index in [0.29, 0.717) is 15.6 Å². The largest absolute Gasteiger partial charge is 0.295 e. The van der Waals surface area contributed by atoms with Crippen molar-refractivity contribution in [3.63, 3.8) is 0 Å². The Morgan fingerprint density at radius 2 is 2.21 bits per heavy atom. The molecule has 0 unspecified atom stereocenters. The summed E-state index contributed by atoms with van der Waals surface area (Å²) in [4.78, 5) is 22.1.